The molecule has 0 aliphatic heterocycles. The first kappa shape index (κ1) is 27.2. The van der Waals surface area contributed by atoms with E-state index in [1.54, 1.807) is 18.2 Å². The lowest BCUT2D eigenvalue weighted by atomic mass is 9.74. The van der Waals surface area contributed by atoms with Gasteiger partial charge in [-0.2, -0.15) is 4.31 Å². The summed E-state index contributed by atoms with van der Waals surface area (Å²) in [7, 11) is -9.86. The van der Waals surface area contributed by atoms with E-state index in [2.05, 4.69) is 8.83 Å². The van der Waals surface area contributed by atoms with Gasteiger partial charge in [-0.1, -0.05) is 59.7 Å². The molecule has 0 aliphatic carbocycles. The van der Waals surface area contributed by atoms with E-state index in [9.17, 15) is 19.3 Å². The minimum atomic E-state index is -5.06. The number of phosphoric acid groups is 2. The molecule has 0 aliphatic rings. The molecule has 31 heavy (non-hydrogen) atoms. The van der Waals surface area contributed by atoms with Crippen LogP contribution in [0.3, 0.4) is 0 Å². The third-order valence-electron chi connectivity index (χ3n) is 3.83. The van der Waals surface area contributed by atoms with E-state index in [0.717, 1.165) is 11.1 Å². The van der Waals surface area contributed by atoms with Gasteiger partial charge in [0, 0.05) is 11.1 Å². The molecule has 1 unspecified atom stereocenters. The normalized spacial score (nSPS) is 14.2. The molecule has 0 heterocycles. The predicted molar refractivity (Wildman–Crippen MR) is 117 cm³/mol. The van der Waals surface area contributed by atoms with Crippen molar-refractivity contribution in [3.05, 3.63) is 53.6 Å². The maximum Gasteiger partial charge on any atom is 0.536 e. The summed E-state index contributed by atoms with van der Waals surface area (Å²) < 4.78 is 29.3. The SMILES string of the molecule is CC(C)(C)c1c(O)ccc(O)c1C(C)(C)C.O=P(O)(O)OP(=O)(O)Oc1ccccc1. The fraction of sp³-hybridized carbons (Fsp3) is 0.400. The molecule has 0 bridgehead atoms. The molecular formula is C20H30O9P2. The average Bonchev–Trinajstić information content (AvgIpc) is 2.53. The number of phenols is 2. The van der Waals surface area contributed by atoms with Crippen molar-refractivity contribution in [2.75, 3.05) is 0 Å². The van der Waals surface area contributed by atoms with Crippen molar-refractivity contribution in [1.29, 1.82) is 0 Å². The summed E-state index contributed by atoms with van der Waals surface area (Å²) in [5.41, 5.74) is 1.29. The fourth-order valence-corrected chi connectivity index (χ4v) is 4.46. The number of para-hydroxylation sites is 1. The Morgan fingerprint density at radius 2 is 1.10 bits per heavy atom. The second-order valence-electron chi connectivity index (χ2n) is 8.80. The van der Waals surface area contributed by atoms with E-state index < -0.39 is 15.6 Å². The van der Waals surface area contributed by atoms with E-state index in [0.29, 0.717) is 0 Å². The molecule has 9 nitrogen and oxygen atoms in total. The van der Waals surface area contributed by atoms with E-state index in [-0.39, 0.29) is 28.1 Å². The Bertz CT molecular complexity index is 932. The smallest absolute Gasteiger partial charge is 0.508 e. The number of phenolic OH excluding ortho intramolecular Hbond substituents is 2. The lowest BCUT2D eigenvalue weighted by Crippen LogP contribution is -2.22. The van der Waals surface area contributed by atoms with Crippen molar-refractivity contribution in [2.45, 2.75) is 52.4 Å². The van der Waals surface area contributed by atoms with Gasteiger partial charge in [0.05, 0.1) is 0 Å². The minimum absolute atomic E-state index is 0.0308. The number of benzene rings is 2. The number of hydrogen-bond acceptors (Lipinski definition) is 6. The molecule has 0 saturated heterocycles. The van der Waals surface area contributed by atoms with Crippen LogP contribution in [0.25, 0.3) is 0 Å². The third-order valence-corrected chi connectivity index (χ3v) is 5.95. The maximum atomic E-state index is 11.0. The quantitative estimate of drug-likeness (QED) is 0.304. The zero-order valence-electron chi connectivity index (χ0n) is 18.3. The Hall–Kier alpha value is -1.86. The van der Waals surface area contributed by atoms with E-state index in [4.69, 9.17) is 14.7 Å². The molecule has 1 atom stereocenters. The van der Waals surface area contributed by atoms with Crippen LogP contribution in [0.1, 0.15) is 52.7 Å². The van der Waals surface area contributed by atoms with Crippen LogP contribution in [-0.4, -0.2) is 24.9 Å². The number of rotatable bonds is 4. The van der Waals surface area contributed by atoms with Gasteiger partial charge in [-0.15, -0.1) is 0 Å². The topological polar surface area (TPSA) is 154 Å². The molecule has 0 amide bonds. The highest BCUT2D eigenvalue weighted by molar-refractivity contribution is 7.60. The highest BCUT2D eigenvalue weighted by atomic mass is 31.3. The summed E-state index contributed by atoms with van der Waals surface area (Å²) in [6.45, 7) is 12.2. The van der Waals surface area contributed by atoms with Crippen LogP contribution in [-0.2, 0) is 24.3 Å². The van der Waals surface area contributed by atoms with Gasteiger partial charge in [-0.05, 0) is 35.1 Å². The van der Waals surface area contributed by atoms with Crippen molar-refractivity contribution in [1.82, 2.24) is 0 Å². The van der Waals surface area contributed by atoms with Gasteiger partial charge in [0.15, 0.2) is 0 Å². The van der Waals surface area contributed by atoms with Crippen molar-refractivity contribution < 1.29 is 42.9 Å². The van der Waals surface area contributed by atoms with Gasteiger partial charge < -0.3 is 24.5 Å². The maximum absolute atomic E-state index is 11.0. The van der Waals surface area contributed by atoms with Crippen LogP contribution in [0.15, 0.2) is 42.5 Å². The molecule has 2 aromatic carbocycles. The molecule has 0 aromatic heterocycles. The Balaban J connectivity index is 0.000000311. The monoisotopic (exact) mass is 476 g/mol. The van der Waals surface area contributed by atoms with E-state index in [1.807, 2.05) is 41.5 Å². The second-order valence-corrected chi connectivity index (χ2v) is 11.6. The van der Waals surface area contributed by atoms with Crippen molar-refractivity contribution >= 4 is 15.6 Å². The highest BCUT2D eigenvalue weighted by Gasteiger charge is 2.33. The van der Waals surface area contributed by atoms with Crippen molar-refractivity contribution in [3.63, 3.8) is 0 Å². The Kier molecular flexibility index (Phi) is 8.53. The fourth-order valence-electron chi connectivity index (χ4n) is 2.86. The zero-order valence-corrected chi connectivity index (χ0v) is 20.1. The first-order valence-corrected chi connectivity index (χ1v) is 12.3. The van der Waals surface area contributed by atoms with Gasteiger partial charge in [-0.25, -0.2) is 9.13 Å². The second kappa shape index (κ2) is 9.74. The molecule has 174 valence electrons. The third kappa shape index (κ3) is 9.03. The van der Waals surface area contributed by atoms with Gasteiger partial charge in [0.25, 0.3) is 0 Å². The first-order chi connectivity index (χ1) is 13.8. The Labute approximate surface area is 182 Å². The van der Waals surface area contributed by atoms with Gasteiger partial charge in [0.1, 0.15) is 17.2 Å². The average molecular weight is 476 g/mol. The number of aromatic hydroxyl groups is 2. The van der Waals surface area contributed by atoms with Gasteiger partial charge in [0.2, 0.25) is 0 Å². The van der Waals surface area contributed by atoms with Crippen LogP contribution in [0.4, 0.5) is 0 Å². The number of phosphoric ester groups is 1. The molecule has 2 rings (SSSR count). The van der Waals surface area contributed by atoms with Gasteiger partial charge in [-0.3, -0.25) is 4.89 Å². The Morgan fingerprint density at radius 3 is 1.42 bits per heavy atom. The lowest BCUT2D eigenvalue weighted by molar-refractivity contribution is 0.229. The van der Waals surface area contributed by atoms with Crippen LogP contribution >= 0.6 is 15.6 Å². The summed E-state index contributed by atoms with van der Waals surface area (Å²) in [5, 5.41) is 20.0. The minimum Gasteiger partial charge on any atom is -0.508 e. The van der Waals surface area contributed by atoms with Crippen molar-refractivity contribution in [2.24, 2.45) is 0 Å². The molecule has 2 aromatic rings. The lowest BCUT2D eigenvalue weighted by Gasteiger charge is -2.31. The van der Waals surface area contributed by atoms with Crippen molar-refractivity contribution in [3.8, 4) is 17.2 Å². The molecule has 0 fully saturated rings. The molecule has 0 saturated carbocycles. The number of hydrogen-bond donors (Lipinski definition) is 5. The molecule has 0 spiro atoms. The predicted octanol–water partition coefficient (Wildman–Crippen LogP) is 4.97. The highest BCUT2D eigenvalue weighted by Crippen LogP contribution is 2.57. The molecular weight excluding hydrogens is 446 g/mol. The summed E-state index contributed by atoms with van der Waals surface area (Å²) in [5.74, 6) is 0.488. The first-order valence-electron chi connectivity index (χ1n) is 9.24. The summed E-state index contributed by atoms with van der Waals surface area (Å²) in [4.78, 5) is 25.5. The molecule has 5 N–H and O–H groups in total. The van der Waals surface area contributed by atoms with E-state index >= 15 is 0 Å². The molecule has 11 heteroatoms. The van der Waals surface area contributed by atoms with Gasteiger partial charge >= 0.3 is 15.6 Å². The Morgan fingerprint density at radius 1 is 0.710 bits per heavy atom. The summed E-state index contributed by atoms with van der Waals surface area (Å²) in [6.07, 6.45) is 0. The molecule has 0 radical (unpaired) electrons. The van der Waals surface area contributed by atoms with Crippen LogP contribution in [0.2, 0.25) is 0 Å². The largest absolute Gasteiger partial charge is 0.536 e. The standard InChI is InChI=1S/C14H22O2.C6H8O7P2/c1-13(2,3)11-9(15)7-8-10(16)12(11)14(4,5)6;7-14(8,9)13-15(10,11)12-6-4-2-1-3-5-6/h7-8,15-16H,1-6H3;1-5H,(H,10,11)(H2,7,8,9). The van der Waals surface area contributed by atoms with Crippen LogP contribution in [0, 0.1) is 0 Å². The van der Waals surface area contributed by atoms with E-state index in [1.165, 1.54) is 24.3 Å². The van der Waals surface area contributed by atoms with Crippen LogP contribution < -0.4 is 4.52 Å². The summed E-state index contributed by atoms with van der Waals surface area (Å²) >= 11 is 0. The summed E-state index contributed by atoms with van der Waals surface area (Å²) in [6, 6.07) is 10.5. The zero-order chi connectivity index (χ0) is 24.3. The van der Waals surface area contributed by atoms with Crippen LogP contribution in [0.5, 0.6) is 17.2 Å².